The van der Waals surface area contributed by atoms with Crippen molar-refractivity contribution < 1.29 is 14.3 Å². The molecule has 1 aliphatic rings. The molecule has 2 rings (SSSR count). The summed E-state index contributed by atoms with van der Waals surface area (Å²) in [5.74, 6) is 5.93. The number of amides is 1. The fourth-order valence-electron chi connectivity index (χ4n) is 2.59. The third kappa shape index (κ3) is 4.76. The first-order valence-electron chi connectivity index (χ1n) is 8.44. The van der Waals surface area contributed by atoms with Crippen molar-refractivity contribution in [2.24, 2.45) is 5.41 Å². The highest BCUT2D eigenvalue weighted by Crippen LogP contribution is 2.30. The lowest BCUT2D eigenvalue weighted by atomic mass is 9.98. The predicted molar refractivity (Wildman–Crippen MR) is 101 cm³/mol. The number of hydrogen-bond acceptors (Lipinski definition) is 5. The molecule has 25 heavy (non-hydrogen) atoms. The van der Waals surface area contributed by atoms with Crippen LogP contribution in [0.3, 0.4) is 0 Å². The largest absolute Gasteiger partial charge is 0.465 e. The Morgan fingerprint density at radius 2 is 2.12 bits per heavy atom. The maximum absolute atomic E-state index is 12.5. The van der Waals surface area contributed by atoms with Crippen molar-refractivity contribution in [3.05, 3.63) is 15.8 Å². The molecule has 1 aliphatic heterocycles. The van der Waals surface area contributed by atoms with Gasteiger partial charge in [-0.25, -0.2) is 4.79 Å². The van der Waals surface area contributed by atoms with Gasteiger partial charge < -0.3 is 15.0 Å². The number of carbonyl (C=O) groups is 2. The molecule has 1 unspecified atom stereocenters. The van der Waals surface area contributed by atoms with Crippen molar-refractivity contribution in [3.63, 3.8) is 0 Å². The molecular weight excluding hydrogens is 336 g/mol. The van der Waals surface area contributed by atoms with E-state index in [4.69, 9.17) is 4.74 Å². The number of thiophene rings is 1. The molecule has 1 aromatic rings. The molecule has 0 aromatic carbocycles. The standard InChI is InChI=1S/C19H26N2O3S/c1-12(2)21-10-8-14(17(21)22)20-15-11-13(7-9-19(3,4)5)25-16(15)18(23)24-6/h11-12,14,20H,8,10H2,1-6H3. The van der Waals surface area contributed by atoms with E-state index < -0.39 is 5.97 Å². The van der Waals surface area contributed by atoms with Gasteiger partial charge in [-0.05, 0) is 47.1 Å². The molecule has 1 atom stereocenters. The third-order valence-electron chi connectivity index (χ3n) is 3.86. The Morgan fingerprint density at radius 3 is 2.64 bits per heavy atom. The summed E-state index contributed by atoms with van der Waals surface area (Å²) in [6.07, 6.45) is 0.719. The Hall–Kier alpha value is -2.00. The number of ether oxygens (including phenoxy) is 1. The second kappa shape index (κ2) is 7.49. The molecule has 0 saturated carbocycles. The van der Waals surface area contributed by atoms with E-state index in [1.165, 1.54) is 18.4 Å². The van der Waals surface area contributed by atoms with E-state index in [-0.39, 0.29) is 23.4 Å². The number of nitrogens with zero attached hydrogens (tertiary/aromatic N) is 1. The van der Waals surface area contributed by atoms with Crippen LogP contribution in [0.15, 0.2) is 6.07 Å². The van der Waals surface area contributed by atoms with Crippen LogP contribution in [0.5, 0.6) is 0 Å². The smallest absolute Gasteiger partial charge is 0.350 e. The number of hydrogen-bond donors (Lipinski definition) is 1. The number of anilines is 1. The monoisotopic (exact) mass is 362 g/mol. The van der Waals surface area contributed by atoms with E-state index >= 15 is 0 Å². The van der Waals surface area contributed by atoms with Crippen molar-refractivity contribution in [3.8, 4) is 11.8 Å². The van der Waals surface area contributed by atoms with Gasteiger partial charge in [-0.15, -0.1) is 11.3 Å². The van der Waals surface area contributed by atoms with Crippen LogP contribution in [0.1, 0.15) is 55.6 Å². The van der Waals surface area contributed by atoms with Gasteiger partial charge in [0.1, 0.15) is 10.9 Å². The molecular formula is C19H26N2O3S. The molecule has 0 aliphatic carbocycles. The van der Waals surface area contributed by atoms with Gasteiger partial charge in [0.2, 0.25) is 5.91 Å². The number of nitrogens with one attached hydrogen (secondary N) is 1. The fraction of sp³-hybridized carbons (Fsp3) is 0.579. The molecule has 0 radical (unpaired) electrons. The number of rotatable bonds is 4. The molecule has 1 N–H and O–H groups in total. The fourth-order valence-corrected chi connectivity index (χ4v) is 3.48. The van der Waals surface area contributed by atoms with Gasteiger partial charge in [0.15, 0.2) is 0 Å². The topological polar surface area (TPSA) is 58.6 Å². The summed E-state index contributed by atoms with van der Waals surface area (Å²) in [6, 6.07) is 1.69. The van der Waals surface area contributed by atoms with Gasteiger partial charge in [0.25, 0.3) is 0 Å². The molecule has 1 saturated heterocycles. The van der Waals surface area contributed by atoms with Gasteiger partial charge in [-0.1, -0.05) is 11.8 Å². The van der Waals surface area contributed by atoms with Gasteiger partial charge in [-0.2, -0.15) is 0 Å². The summed E-state index contributed by atoms with van der Waals surface area (Å²) in [7, 11) is 1.35. The number of esters is 1. The van der Waals surface area contributed by atoms with E-state index in [0.717, 1.165) is 17.8 Å². The van der Waals surface area contributed by atoms with Gasteiger partial charge >= 0.3 is 5.97 Å². The minimum absolute atomic E-state index is 0.0688. The van der Waals surface area contributed by atoms with Crippen LogP contribution in [-0.2, 0) is 9.53 Å². The van der Waals surface area contributed by atoms with Crippen LogP contribution < -0.4 is 5.32 Å². The lowest BCUT2D eigenvalue weighted by Gasteiger charge is -2.21. The second-order valence-corrected chi connectivity index (χ2v) is 8.51. The van der Waals surface area contributed by atoms with Crippen LogP contribution in [0.2, 0.25) is 0 Å². The number of methoxy groups -OCH3 is 1. The highest BCUT2D eigenvalue weighted by atomic mass is 32.1. The molecule has 5 nitrogen and oxygen atoms in total. The Balaban J connectivity index is 2.27. The molecule has 1 aromatic heterocycles. The molecule has 0 spiro atoms. The lowest BCUT2D eigenvalue weighted by Crippen LogP contribution is -2.37. The van der Waals surface area contributed by atoms with Crippen LogP contribution in [0.4, 0.5) is 5.69 Å². The van der Waals surface area contributed by atoms with Crippen LogP contribution in [0.25, 0.3) is 0 Å². The molecule has 1 amide bonds. The zero-order valence-electron chi connectivity index (χ0n) is 15.7. The van der Waals surface area contributed by atoms with Gasteiger partial charge in [-0.3, -0.25) is 4.79 Å². The number of likely N-dealkylation sites (tertiary alicyclic amines) is 1. The lowest BCUT2D eigenvalue weighted by molar-refractivity contribution is -0.129. The van der Waals surface area contributed by atoms with Crippen molar-refractivity contribution in [2.75, 3.05) is 19.0 Å². The van der Waals surface area contributed by atoms with Crippen molar-refractivity contribution >= 4 is 28.9 Å². The molecule has 6 heteroatoms. The first-order chi connectivity index (χ1) is 11.6. The van der Waals surface area contributed by atoms with E-state index in [0.29, 0.717) is 10.6 Å². The first-order valence-corrected chi connectivity index (χ1v) is 9.26. The Morgan fingerprint density at radius 1 is 1.44 bits per heavy atom. The summed E-state index contributed by atoms with van der Waals surface area (Å²) in [4.78, 5) is 27.7. The molecule has 1 fully saturated rings. The Kier molecular flexibility index (Phi) is 5.79. The Labute approximate surface area is 153 Å². The van der Waals surface area contributed by atoms with Crippen LogP contribution in [0, 0.1) is 17.3 Å². The quantitative estimate of drug-likeness (QED) is 0.659. The third-order valence-corrected chi connectivity index (χ3v) is 4.89. The van der Waals surface area contributed by atoms with E-state index in [2.05, 4.69) is 17.2 Å². The Bertz CT molecular complexity index is 719. The van der Waals surface area contributed by atoms with Gasteiger partial charge in [0.05, 0.1) is 17.7 Å². The van der Waals surface area contributed by atoms with Crippen LogP contribution in [-0.4, -0.2) is 42.5 Å². The van der Waals surface area contributed by atoms with Crippen molar-refractivity contribution in [1.29, 1.82) is 0 Å². The van der Waals surface area contributed by atoms with Crippen molar-refractivity contribution in [2.45, 2.75) is 53.1 Å². The minimum atomic E-state index is -0.414. The normalized spacial score (nSPS) is 17.5. The average Bonchev–Trinajstić information content (AvgIpc) is 3.09. The number of carbonyl (C=O) groups excluding carboxylic acids is 2. The minimum Gasteiger partial charge on any atom is -0.465 e. The van der Waals surface area contributed by atoms with E-state index in [1.807, 2.05) is 45.6 Å². The van der Waals surface area contributed by atoms with E-state index in [9.17, 15) is 9.59 Å². The molecule has 136 valence electrons. The predicted octanol–water partition coefficient (Wildman–Crippen LogP) is 3.35. The highest BCUT2D eigenvalue weighted by Gasteiger charge is 2.34. The zero-order chi connectivity index (χ0) is 18.8. The summed E-state index contributed by atoms with van der Waals surface area (Å²) in [5.41, 5.74) is 0.501. The average molecular weight is 362 g/mol. The molecule has 0 bridgehead atoms. The van der Waals surface area contributed by atoms with Crippen molar-refractivity contribution in [1.82, 2.24) is 4.90 Å². The summed E-state index contributed by atoms with van der Waals surface area (Å²) >= 11 is 1.29. The highest BCUT2D eigenvalue weighted by molar-refractivity contribution is 7.15. The maximum Gasteiger partial charge on any atom is 0.350 e. The summed E-state index contributed by atoms with van der Waals surface area (Å²) in [6.45, 7) is 10.8. The first kappa shape index (κ1) is 19.3. The summed E-state index contributed by atoms with van der Waals surface area (Å²) in [5, 5.41) is 3.23. The second-order valence-electron chi connectivity index (χ2n) is 7.46. The summed E-state index contributed by atoms with van der Waals surface area (Å²) < 4.78 is 4.87. The molecule has 2 heterocycles. The SMILES string of the molecule is COC(=O)c1sc(C#CC(C)(C)C)cc1NC1CCN(C(C)C)C1=O. The van der Waals surface area contributed by atoms with Gasteiger partial charge in [0, 0.05) is 18.0 Å². The van der Waals surface area contributed by atoms with Crippen LogP contribution >= 0.6 is 11.3 Å². The zero-order valence-corrected chi connectivity index (χ0v) is 16.5. The van der Waals surface area contributed by atoms with E-state index in [1.54, 1.807) is 0 Å². The maximum atomic E-state index is 12.5.